The van der Waals surface area contributed by atoms with Crippen molar-refractivity contribution in [2.45, 2.75) is 17.8 Å². The Morgan fingerprint density at radius 1 is 1.29 bits per heavy atom. The number of pyridine rings is 1. The van der Waals surface area contributed by atoms with E-state index in [4.69, 9.17) is 5.84 Å². The topological polar surface area (TPSA) is 76.7 Å². The maximum atomic E-state index is 5.33. The van der Waals surface area contributed by atoms with E-state index in [-0.39, 0.29) is 0 Å². The van der Waals surface area contributed by atoms with Gasteiger partial charge in [0.25, 0.3) is 0 Å². The number of hydrogen-bond acceptors (Lipinski definition) is 6. The van der Waals surface area contributed by atoms with E-state index in [9.17, 15) is 0 Å². The van der Waals surface area contributed by atoms with Crippen LogP contribution in [0.15, 0.2) is 35.9 Å². The van der Waals surface area contributed by atoms with E-state index in [1.54, 1.807) is 30.4 Å². The molecule has 0 aliphatic rings. The zero-order valence-electron chi connectivity index (χ0n) is 9.42. The molecule has 0 saturated carbocycles. The Labute approximate surface area is 104 Å². The lowest BCUT2D eigenvalue weighted by atomic mass is 10.3. The van der Waals surface area contributed by atoms with Crippen molar-refractivity contribution in [1.29, 1.82) is 0 Å². The monoisotopic (exact) mass is 247 g/mol. The zero-order chi connectivity index (χ0) is 12.1. The Morgan fingerprint density at radius 2 is 2.06 bits per heavy atom. The average molecular weight is 247 g/mol. The van der Waals surface area contributed by atoms with Crippen molar-refractivity contribution in [3.05, 3.63) is 42.0 Å². The lowest BCUT2D eigenvalue weighted by Gasteiger charge is -2.03. The van der Waals surface area contributed by atoms with Crippen LogP contribution < -0.4 is 11.3 Å². The highest BCUT2D eigenvalue weighted by molar-refractivity contribution is 7.98. The van der Waals surface area contributed by atoms with Crippen LogP contribution in [0.25, 0.3) is 0 Å². The summed E-state index contributed by atoms with van der Waals surface area (Å²) in [4.78, 5) is 12.7. The number of nitrogens with two attached hydrogens (primary N) is 1. The van der Waals surface area contributed by atoms with Gasteiger partial charge in [0.05, 0.1) is 11.4 Å². The van der Waals surface area contributed by atoms with Gasteiger partial charge in [0, 0.05) is 24.3 Å². The Hall–Kier alpha value is -1.66. The first kappa shape index (κ1) is 11.8. The lowest BCUT2D eigenvalue weighted by Crippen LogP contribution is -2.07. The molecule has 0 aliphatic heterocycles. The largest absolute Gasteiger partial charge is 0.324 e. The molecule has 0 aromatic carbocycles. The van der Waals surface area contributed by atoms with Crippen LogP contribution in [0.4, 0.5) is 5.69 Å². The van der Waals surface area contributed by atoms with Gasteiger partial charge in [-0.1, -0.05) is 11.8 Å². The van der Waals surface area contributed by atoms with Crippen molar-refractivity contribution in [1.82, 2.24) is 15.0 Å². The van der Waals surface area contributed by atoms with Crippen LogP contribution in [0.1, 0.15) is 11.3 Å². The SMILES string of the molecule is Cc1cnc(SCc2cc(NN)ccn2)nc1. The molecule has 2 aromatic heterocycles. The molecule has 3 N–H and O–H groups in total. The number of nitrogens with one attached hydrogen (secondary N) is 1. The van der Waals surface area contributed by atoms with E-state index < -0.39 is 0 Å². The molecule has 2 rings (SSSR count). The molecular weight excluding hydrogens is 234 g/mol. The molecular formula is C11H13N5S. The summed E-state index contributed by atoms with van der Waals surface area (Å²) in [6, 6.07) is 3.72. The van der Waals surface area contributed by atoms with Gasteiger partial charge in [-0.25, -0.2) is 9.97 Å². The first-order chi connectivity index (χ1) is 8.28. The zero-order valence-corrected chi connectivity index (χ0v) is 10.2. The predicted molar refractivity (Wildman–Crippen MR) is 68.4 cm³/mol. The minimum Gasteiger partial charge on any atom is -0.324 e. The van der Waals surface area contributed by atoms with Gasteiger partial charge in [-0.2, -0.15) is 0 Å². The van der Waals surface area contributed by atoms with Crippen molar-refractivity contribution in [3.8, 4) is 0 Å². The Bertz CT molecular complexity index is 485. The molecule has 2 aromatic rings. The molecule has 0 saturated heterocycles. The second-order valence-corrected chi connectivity index (χ2v) is 4.45. The van der Waals surface area contributed by atoms with Gasteiger partial charge in [0.1, 0.15) is 0 Å². The number of rotatable bonds is 4. The van der Waals surface area contributed by atoms with Crippen LogP contribution in [0, 0.1) is 6.92 Å². The summed E-state index contributed by atoms with van der Waals surface area (Å²) in [6.07, 6.45) is 5.34. The van der Waals surface area contributed by atoms with Gasteiger partial charge in [-0.05, 0) is 24.6 Å². The van der Waals surface area contributed by atoms with Gasteiger partial charge < -0.3 is 5.43 Å². The summed E-state index contributed by atoms with van der Waals surface area (Å²) in [6.45, 7) is 1.96. The minimum absolute atomic E-state index is 0.721. The van der Waals surface area contributed by atoms with E-state index in [0.717, 1.165) is 27.9 Å². The average Bonchev–Trinajstić information content (AvgIpc) is 2.38. The molecule has 0 bridgehead atoms. The molecule has 17 heavy (non-hydrogen) atoms. The predicted octanol–water partition coefficient (Wildman–Crippen LogP) is 1.76. The molecule has 0 atom stereocenters. The number of aromatic nitrogens is 3. The summed E-state index contributed by atoms with van der Waals surface area (Å²) in [5, 5.41) is 0.753. The fourth-order valence-corrected chi connectivity index (χ4v) is 1.93. The third-order valence-corrected chi connectivity index (χ3v) is 3.00. The van der Waals surface area contributed by atoms with Crippen molar-refractivity contribution in [3.63, 3.8) is 0 Å². The fourth-order valence-electron chi connectivity index (χ4n) is 1.24. The second kappa shape index (κ2) is 5.60. The molecule has 0 radical (unpaired) electrons. The first-order valence-corrected chi connectivity index (χ1v) is 6.09. The van der Waals surface area contributed by atoms with E-state index >= 15 is 0 Å². The molecule has 0 spiro atoms. The maximum Gasteiger partial charge on any atom is 0.187 e. The second-order valence-electron chi connectivity index (χ2n) is 3.51. The van der Waals surface area contributed by atoms with Crippen LogP contribution in [0.5, 0.6) is 0 Å². The molecule has 0 unspecified atom stereocenters. The normalized spacial score (nSPS) is 10.2. The smallest absolute Gasteiger partial charge is 0.187 e. The van der Waals surface area contributed by atoms with Crippen molar-refractivity contribution in [2.75, 3.05) is 5.43 Å². The lowest BCUT2D eigenvalue weighted by molar-refractivity contribution is 0.948. The van der Waals surface area contributed by atoms with Gasteiger partial charge in [-0.15, -0.1) is 0 Å². The van der Waals surface area contributed by atoms with Crippen molar-refractivity contribution >= 4 is 17.4 Å². The van der Waals surface area contributed by atoms with Gasteiger partial charge in [-0.3, -0.25) is 10.8 Å². The van der Waals surface area contributed by atoms with E-state index in [1.165, 1.54) is 0 Å². The number of thioether (sulfide) groups is 1. The van der Waals surface area contributed by atoms with Gasteiger partial charge >= 0.3 is 0 Å². The molecule has 6 heteroatoms. The summed E-state index contributed by atoms with van der Waals surface area (Å²) < 4.78 is 0. The van der Waals surface area contributed by atoms with Crippen LogP contribution in [0.2, 0.25) is 0 Å². The number of aryl methyl sites for hydroxylation is 1. The number of nitrogen functional groups attached to an aromatic ring is 1. The molecule has 0 amide bonds. The van der Waals surface area contributed by atoms with E-state index in [0.29, 0.717) is 0 Å². The van der Waals surface area contributed by atoms with Crippen molar-refractivity contribution in [2.24, 2.45) is 5.84 Å². The summed E-state index contributed by atoms with van der Waals surface area (Å²) in [7, 11) is 0. The number of anilines is 1. The molecule has 0 fully saturated rings. The van der Waals surface area contributed by atoms with Crippen molar-refractivity contribution < 1.29 is 0 Å². The third-order valence-electron chi connectivity index (χ3n) is 2.09. The molecule has 2 heterocycles. The quantitative estimate of drug-likeness (QED) is 0.371. The summed E-state index contributed by atoms with van der Waals surface area (Å²) in [5.41, 5.74) is 5.44. The van der Waals surface area contributed by atoms with Crippen LogP contribution in [-0.4, -0.2) is 15.0 Å². The Kier molecular flexibility index (Phi) is 3.89. The summed E-state index contributed by atoms with van der Waals surface area (Å²) >= 11 is 1.55. The van der Waals surface area contributed by atoms with E-state index in [1.807, 2.05) is 19.1 Å². The van der Waals surface area contributed by atoms with E-state index in [2.05, 4.69) is 20.4 Å². The fraction of sp³-hybridized carbons (Fsp3) is 0.182. The number of nitrogens with zero attached hydrogens (tertiary/aromatic N) is 3. The highest BCUT2D eigenvalue weighted by Crippen LogP contribution is 2.18. The highest BCUT2D eigenvalue weighted by atomic mass is 32.2. The number of hydrogen-bond donors (Lipinski definition) is 2. The molecule has 0 aliphatic carbocycles. The number of hydrazine groups is 1. The Morgan fingerprint density at radius 3 is 2.76 bits per heavy atom. The van der Waals surface area contributed by atoms with Crippen LogP contribution in [0.3, 0.4) is 0 Å². The van der Waals surface area contributed by atoms with Crippen LogP contribution >= 0.6 is 11.8 Å². The minimum atomic E-state index is 0.721. The molecule has 5 nitrogen and oxygen atoms in total. The summed E-state index contributed by atoms with van der Waals surface area (Å²) in [5.74, 6) is 6.05. The van der Waals surface area contributed by atoms with Gasteiger partial charge in [0.15, 0.2) is 5.16 Å². The molecule has 88 valence electrons. The third kappa shape index (κ3) is 3.40. The first-order valence-electron chi connectivity index (χ1n) is 5.11. The Balaban J connectivity index is 1.99. The standard InChI is InChI=1S/C11H13N5S/c1-8-5-14-11(15-6-8)17-7-10-4-9(16-12)2-3-13-10/h2-6H,7,12H2,1H3,(H,13,16). The van der Waals surface area contributed by atoms with Gasteiger partial charge in [0.2, 0.25) is 0 Å². The maximum absolute atomic E-state index is 5.33. The van der Waals surface area contributed by atoms with Crippen LogP contribution in [-0.2, 0) is 5.75 Å². The highest BCUT2D eigenvalue weighted by Gasteiger charge is 2.00.